The predicted molar refractivity (Wildman–Crippen MR) is 66.2 cm³/mol. The number of likely N-dealkylation sites (tertiary alicyclic amines) is 1. The van der Waals surface area contributed by atoms with Crippen molar-refractivity contribution in [2.45, 2.75) is 25.2 Å². The number of carbonyl (C=O) groups is 2. The summed E-state index contributed by atoms with van der Waals surface area (Å²) in [6, 6.07) is 4.15. The third-order valence-corrected chi connectivity index (χ3v) is 3.16. The first-order chi connectivity index (χ1) is 9.90. The molecule has 0 bridgehead atoms. The monoisotopic (exact) mass is 301 g/mol. The first kappa shape index (κ1) is 15.2. The molecule has 2 atom stereocenters. The molecule has 1 heterocycles. The van der Waals surface area contributed by atoms with E-state index in [1.54, 1.807) is 0 Å². The van der Waals surface area contributed by atoms with Gasteiger partial charge in [-0.2, -0.15) is 8.78 Å². The fourth-order valence-electron chi connectivity index (χ4n) is 2.27. The molecule has 2 N–H and O–H groups in total. The molecule has 1 fully saturated rings. The first-order valence-corrected chi connectivity index (χ1v) is 6.16. The standard InChI is InChI=1S/C13H13F2NO5/c14-13(15)21-10-4-2-1-3-8(10)11(18)16-6-7(17)5-9(16)12(19)20/h1-4,7,9,13,17H,5-6H2,(H,19,20)/t7-,9-/m1/s1. The summed E-state index contributed by atoms with van der Waals surface area (Å²) in [4.78, 5) is 24.4. The quantitative estimate of drug-likeness (QED) is 0.864. The average Bonchev–Trinajstić information content (AvgIpc) is 2.80. The van der Waals surface area contributed by atoms with Crippen molar-refractivity contribution in [2.75, 3.05) is 6.54 Å². The summed E-state index contributed by atoms with van der Waals surface area (Å²) in [6.45, 7) is -3.27. The Morgan fingerprint density at radius 3 is 2.62 bits per heavy atom. The van der Waals surface area contributed by atoms with Gasteiger partial charge in [-0.15, -0.1) is 0 Å². The van der Waals surface area contributed by atoms with Crippen LogP contribution in [0, 0.1) is 0 Å². The summed E-state index contributed by atoms with van der Waals surface area (Å²) in [5.41, 5.74) is -0.168. The second-order valence-electron chi connectivity index (χ2n) is 4.58. The van der Waals surface area contributed by atoms with Crippen molar-refractivity contribution in [3.05, 3.63) is 29.8 Å². The molecule has 8 heteroatoms. The number of carboxylic acid groups (broad SMARTS) is 1. The van der Waals surface area contributed by atoms with Gasteiger partial charge in [0.05, 0.1) is 11.7 Å². The zero-order valence-electron chi connectivity index (χ0n) is 10.8. The summed E-state index contributed by atoms with van der Waals surface area (Å²) < 4.78 is 28.9. The number of aliphatic hydroxyl groups excluding tert-OH is 1. The third-order valence-electron chi connectivity index (χ3n) is 3.16. The van der Waals surface area contributed by atoms with Crippen molar-refractivity contribution in [3.63, 3.8) is 0 Å². The summed E-state index contributed by atoms with van der Waals surface area (Å²) in [5.74, 6) is -2.36. The minimum Gasteiger partial charge on any atom is -0.480 e. The van der Waals surface area contributed by atoms with Crippen LogP contribution in [0.1, 0.15) is 16.8 Å². The fraction of sp³-hybridized carbons (Fsp3) is 0.385. The number of ether oxygens (including phenoxy) is 1. The molecule has 1 aromatic rings. The van der Waals surface area contributed by atoms with Crippen molar-refractivity contribution in [3.8, 4) is 5.75 Å². The van der Waals surface area contributed by atoms with Crippen molar-refractivity contribution in [2.24, 2.45) is 0 Å². The lowest BCUT2D eigenvalue weighted by atomic mass is 10.1. The Bertz CT molecular complexity index is 551. The Morgan fingerprint density at radius 1 is 1.33 bits per heavy atom. The lowest BCUT2D eigenvalue weighted by Gasteiger charge is -2.22. The van der Waals surface area contributed by atoms with Crippen LogP contribution >= 0.6 is 0 Å². The van der Waals surface area contributed by atoms with Gasteiger partial charge in [-0.25, -0.2) is 4.79 Å². The molecule has 0 spiro atoms. The number of halogens is 2. The Balaban J connectivity index is 2.29. The van der Waals surface area contributed by atoms with Crippen molar-refractivity contribution in [1.82, 2.24) is 4.90 Å². The largest absolute Gasteiger partial charge is 0.480 e. The Morgan fingerprint density at radius 2 is 2.00 bits per heavy atom. The molecule has 2 rings (SSSR count). The van der Waals surface area contributed by atoms with E-state index in [4.69, 9.17) is 5.11 Å². The number of carbonyl (C=O) groups excluding carboxylic acids is 1. The van der Waals surface area contributed by atoms with Crippen LogP contribution in [0.4, 0.5) is 8.78 Å². The van der Waals surface area contributed by atoms with Crippen molar-refractivity contribution in [1.29, 1.82) is 0 Å². The van der Waals surface area contributed by atoms with Gasteiger partial charge in [0, 0.05) is 13.0 Å². The number of β-amino-alcohol motifs (C(OH)–C–C–N with tert-alkyl or cyclic N) is 1. The van der Waals surface area contributed by atoms with E-state index in [-0.39, 0.29) is 24.3 Å². The highest BCUT2D eigenvalue weighted by atomic mass is 19.3. The number of alkyl halides is 2. The maximum absolute atomic E-state index is 12.3. The van der Waals surface area contributed by atoms with Crippen LogP contribution in [0.3, 0.4) is 0 Å². The van der Waals surface area contributed by atoms with Gasteiger partial charge >= 0.3 is 12.6 Å². The number of amides is 1. The number of carboxylic acids is 1. The number of aliphatic hydroxyl groups is 1. The zero-order chi connectivity index (χ0) is 15.6. The van der Waals surface area contributed by atoms with Gasteiger partial charge in [-0.05, 0) is 12.1 Å². The molecule has 0 radical (unpaired) electrons. The number of aliphatic carboxylic acids is 1. The SMILES string of the molecule is O=C(O)[C@H]1C[C@@H](O)CN1C(=O)c1ccccc1OC(F)F. The van der Waals surface area contributed by atoms with Gasteiger partial charge in [0.2, 0.25) is 0 Å². The number of rotatable bonds is 4. The van der Waals surface area contributed by atoms with Gasteiger partial charge in [0.1, 0.15) is 11.8 Å². The van der Waals surface area contributed by atoms with Gasteiger partial charge < -0.3 is 19.8 Å². The highest BCUT2D eigenvalue weighted by Crippen LogP contribution is 2.26. The van der Waals surface area contributed by atoms with E-state index in [9.17, 15) is 23.5 Å². The van der Waals surface area contributed by atoms with Crippen molar-refractivity contribution < 1.29 is 33.3 Å². The number of nitrogens with zero attached hydrogens (tertiary/aromatic N) is 1. The van der Waals surface area contributed by atoms with Crippen LogP contribution in [0.5, 0.6) is 5.75 Å². The molecule has 1 aromatic carbocycles. The molecule has 0 saturated carbocycles. The lowest BCUT2D eigenvalue weighted by molar-refractivity contribution is -0.141. The van der Waals surface area contributed by atoms with Crippen molar-refractivity contribution >= 4 is 11.9 Å². The summed E-state index contributed by atoms with van der Waals surface area (Å²) in [5, 5.41) is 18.6. The van der Waals surface area contributed by atoms with Crippen LogP contribution in [-0.4, -0.2) is 52.3 Å². The fourth-order valence-corrected chi connectivity index (χ4v) is 2.27. The van der Waals surface area contributed by atoms with Crippen LogP contribution in [0.15, 0.2) is 24.3 Å². The summed E-state index contributed by atoms with van der Waals surface area (Å²) >= 11 is 0. The average molecular weight is 301 g/mol. The van der Waals surface area contributed by atoms with E-state index < -0.39 is 30.6 Å². The normalized spacial score (nSPS) is 21.6. The van der Waals surface area contributed by atoms with Crippen LogP contribution in [0.2, 0.25) is 0 Å². The summed E-state index contributed by atoms with van der Waals surface area (Å²) in [7, 11) is 0. The molecule has 0 aromatic heterocycles. The van der Waals surface area contributed by atoms with E-state index in [2.05, 4.69) is 4.74 Å². The molecular weight excluding hydrogens is 288 g/mol. The number of benzene rings is 1. The summed E-state index contributed by atoms with van der Waals surface area (Å²) in [6.07, 6.45) is -1.06. The molecule has 0 aliphatic carbocycles. The predicted octanol–water partition coefficient (Wildman–Crippen LogP) is 0.948. The topological polar surface area (TPSA) is 87.1 Å². The minimum absolute atomic E-state index is 0.0983. The Hall–Kier alpha value is -2.22. The molecule has 1 aliphatic heterocycles. The zero-order valence-corrected chi connectivity index (χ0v) is 10.8. The third kappa shape index (κ3) is 3.27. The lowest BCUT2D eigenvalue weighted by Crippen LogP contribution is -2.40. The van der Waals surface area contributed by atoms with Crippen LogP contribution < -0.4 is 4.74 Å². The molecule has 21 heavy (non-hydrogen) atoms. The molecule has 1 saturated heterocycles. The molecule has 6 nitrogen and oxygen atoms in total. The van der Waals surface area contributed by atoms with E-state index in [1.165, 1.54) is 24.3 Å². The van der Waals surface area contributed by atoms with Gasteiger partial charge in [0.15, 0.2) is 0 Å². The second kappa shape index (κ2) is 6.04. The Labute approximate surface area is 118 Å². The maximum Gasteiger partial charge on any atom is 0.387 e. The van der Waals surface area contributed by atoms with E-state index in [0.29, 0.717) is 0 Å². The maximum atomic E-state index is 12.3. The molecular formula is C13H13F2NO5. The van der Waals surface area contributed by atoms with E-state index in [0.717, 1.165) is 4.90 Å². The smallest absolute Gasteiger partial charge is 0.387 e. The molecule has 1 amide bonds. The van der Waals surface area contributed by atoms with Gasteiger partial charge in [-0.3, -0.25) is 4.79 Å². The van der Waals surface area contributed by atoms with E-state index in [1.807, 2.05) is 0 Å². The van der Waals surface area contributed by atoms with E-state index >= 15 is 0 Å². The molecule has 114 valence electrons. The molecule has 0 unspecified atom stereocenters. The molecule has 1 aliphatic rings. The highest BCUT2D eigenvalue weighted by Gasteiger charge is 2.40. The Kier molecular flexibility index (Phi) is 4.37. The first-order valence-electron chi connectivity index (χ1n) is 6.16. The van der Waals surface area contributed by atoms with Crippen LogP contribution in [-0.2, 0) is 4.79 Å². The van der Waals surface area contributed by atoms with Crippen LogP contribution in [0.25, 0.3) is 0 Å². The number of para-hydroxylation sites is 1. The minimum atomic E-state index is -3.10. The van der Waals surface area contributed by atoms with Gasteiger partial charge in [-0.1, -0.05) is 12.1 Å². The van der Waals surface area contributed by atoms with Gasteiger partial charge in [0.25, 0.3) is 5.91 Å². The highest BCUT2D eigenvalue weighted by molar-refractivity contribution is 5.99. The number of hydrogen-bond donors (Lipinski definition) is 2. The number of hydrogen-bond acceptors (Lipinski definition) is 4. The second-order valence-corrected chi connectivity index (χ2v) is 4.58.